The van der Waals surface area contributed by atoms with Crippen molar-refractivity contribution in [2.24, 2.45) is 0 Å². The maximum atomic E-state index is 12.9. The Labute approximate surface area is 242 Å². The molecule has 2 aromatic carbocycles. The van der Waals surface area contributed by atoms with Gasteiger partial charge in [-0.25, -0.2) is 13.1 Å². The van der Waals surface area contributed by atoms with Crippen LogP contribution in [0.15, 0.2) is 59.4 Å². The number of nitrogens with one attached hydrogen (secondary N) is 1. The molecule has 0 saturated heterocycles. The molecular formula is C28H28Cl2N2O7S. The SMILES string of the molecule is COc1cccc(/C=C/c2c(Cl)cc(Cl)c(=O)n2CCc2ccc(C(=O)NS(=O)(=O)CCCCC(=O)O)cc2)c1. The average Bonchev–Trinajstić information content (AvgIpc) is 2.91. The van der Waals surface area contributed by atoms with Crippen LogP contribution < -0.4 is 15.0 Å². The normalized spacial score (nSPS) is 11.5. The second-order valence-corrected chi connectivity index (χ2v) is 11.5. The van der Waals surface area contributed by atoms with E-state index in [1.165, 1.54) is 22.8 Å². The van der Waals surface area contributed by atoms with Crippen LogP contribution in [0.5, 0.6) is 5.75 Å². The molecule has 1 heterocycles. The summed E-state index contributed by atoms with van der Waals surface area (Å²) in [4.78, 5) is 35.8. The topological polar surface area (TPSA) is 132 Å². The molecule has 1 amide bonds. The molecule has 0 atom stereocenters. The number of benzene rings is 2. The number of aryl methyl sites for hydroxylation is 1. The van der Waals surface area contributed by atoms with Gasteiger partial charge in [-0.15, -0.1) is 0 Å². The Morgan fingerprint density at radius 2 is 1.75 bits per heavy atom. The molecule has 0 aliphatic carbocycles. The van der Waals surface area contributed by atoms with E-state index in [4.69, 9.17) is 33.0 Å². The lowest BCUT2D eigenvalue weighted by Crippen LogP contribution is -2.32. The Balaban J connectivity index is 1.70. The molecule has 12 heteroatoms. The molecule has 3 aromatic rings. The van der Waals surface area contributed by atoms with Crippen LogP contribution in [0.1, 0.15) is 46.4 Å². The van der Waals surface area contributed by atoms with E-state index in [0.29, 0.717) is 22.9 Å². The monoisotopic (exact) mass is 606 g/mol. The molecule has 1 aromatic heterocycles. The van der Waals surface area contributed by atoms with Gasteiger partial charge in [0.25, 0.3) is 11.5 Å². The number of pyridine rings is 1. The van der Waals surface area contributed by atoms with Crippen molar-refractivity contribution in [3.05, 3.63) is 97.4 Å². The molecule has 40 heavy (non-hydrogen) atoms. The van der Waals surface area contributed by atoms with Crippen LogP contribution in [0, 0.1) is 0 Å². The summed E-state index contributed by atoms with van der Waals surface area (Å²) in [5.74, 6) is -1.46. The van der Waals surface area contributed by atoms with Crippen molar-refractivity contribution in [2.75, 3.05) is 12.9 Å². The van der Waals surface area contributed by atoms with E-state index in [1.54, 1.807) is 31.4 Å². The molecule has 3 rings (SSSR count). The van der Waals surface area contributed by atoms with E-state index in [0.717, 1.165) is 11.1 Å². The molecule has 212 valence electrons. The quantitative estimate of drug-likeness (QED) is 0.265. The largest absolute Gasteiger partial charge is 0.497 e. The van der Waals surface area contributed by atoms with Gasteiger partial charge in [-0.05, 0) is 66.8 Å². The maximum absolute atomic E-state index is 12.9. The number of hydrogen-bond acceptors (Lipinski definition) is 6. The van der Waals surface area contributed by atoms with Crippen LogP contribution in [0.3, 0.4) is 0 Å². The van der Waals surface area contributed by atoms with Crippen LogP contribution in [-0.2, 0) is 27.8 Å². The first-order chi connectivity index (χ1) is 19.0. The van der Waals surface area contributed by atoms with Crippen LogP contribution in [0.2, 0.25) is 10.0 Å². The lowest BCUT2D eigenvalue weighted by Gasteiger charge is -2.13. The lowest BCUT2D eigenvalue weighted by atomic mass is 10.1. The van der Waals surface area contributed by atoms with Gasteiger partial charge in [-0.3, -0.25) is 14.4 Å². The molecule has 0 unspecified atom stereocenters. The summed E-state index contributed by atoms with van der Waals surface area (Å²) in [6.45, 7) is 0.243. The standard InChI is InChI=1S/C28H28Cl2N2O7S/c1-39-22-6-4-5-20(17-22)10-13-25-23(29)18-24(30)28(36)32(25)15-14-19-8-11-21(12-9-19)27(35)31-40(37,38)16-3-2-7-26(33)34/h4-6,8-13,17-18H,2-3,7,14-16H2,1H3,(H,31,35)(H,33,34)/b13-10+. The number of nitrogens with zero attached hydrogens (tertiary/aromatic N) is 1. The summed E-state index contributed by atoms with van der Waals surface area (Å²) in [7, 11) is -2.33. The number of halogens is 2. The van der Waals surface area contributed by atoms with Gasteiger partial charge in [-0.2, -0.15) is 0 Å². The third kappa shape index (κ3) is 8.97. The smallest absolute Gasteiger partial charge is 0.303 e. The van der Waals surface area contributed by atoms with E-state index in [-0.39, 0.29) is 42.1 Å². The van der Waals surface area contributed by atoms with E-state index in [2.05, 4.69) is 0 Å². The fourth-order valence-corrected chi connectivity index (χ4v) is 5.44. The molecule has 0 radical (unpaired) electrons. The number of carboxylic acids is 1. The van der Waals surface area contributed by atoms with Crippen molar-refractivity contribution in [1.29, 1.82) is 0 Å². The maximum Gasteiger partial charge on any atom is 0.303 e. The predicted octanol–water partition coefficient (Wildman–Crippen LogP) is 4.89. The van der Waals surface area contributed by atoms with Gasteiger partial charge in [0.05, 0.1) is 23.6 Å². The van der Waals surface area contributed by atoms with Gasteiger partial charge in [0.2, 0.25) is 10.0 Å². The summed E-state index contributed by atoms with van der Waals surface area (Å²) in [6, 6.07) is 15.1. The number of sulfonamides is 1. The zero-order valence-electron chi connectivity index (χ0n) is 21.6. The van der Waals surface area contributed by atoms with Gasteiger partial charge in [0.15, 0.2) is 0 Å². The van der Waals surface area contributed by atoms with Gasteiger partial charge in [0.1, 0.15) is 10.8 Å². The number of carboxylic acid groups (broad SMARTS) is 1. The second-order valence-electron chi connectivity index (χ2n) is 8.84. The van der Waals surface area contributed by atoms with E-state index in [9.17, 15) is 22.8 Å². The van der Waals surface area contributed by atoms with Crippen molar-refractivity contribution >= 4 is 57.3 Å². The zero-order valence-corrected chi connectivity index (χ0v) is 23.9. The molecule has 0 bridgehead atoms. The Kier molecular flexibility index (Phi) is 10.9. The zero-order chi connectivity index (χ0) is 29.3. The van der Waals surface area contributed by atoms with Gasteiger partial charge in [0, 0.05) is 18.5 Å². The molecule has 9 nitrogen and oxygen atoms in total. The summed E-state index contributed by atoms with van der Waals surface area (Å²) >= 11 is 12.5. The fourth-order valence-electron chi connectivity index (χ4n) is 3.81. The van der Waals surface area contributed by atoms with Crippen molar-refractivity contribution in [3.8, 4) is 5.75 Å². The van der Waals surface area contributed by atoms with Crippen molar-refractivity contribution in [3.63, 3.8) is 0 Å². The first kappa shape index (κ1) is 30.9. The highest BCUT2D eigenvalue weighted by molar-refractivity contribution is 7.90. The van der Waals surface area contributed by atoms with Crippen LogP contribution in [0.25, 0.3) is 12.2 Å². The fraction of sp³-hybridized carbons (Fsp3) is 0.250. The summed E-state index contributed by atoms with van der Waals surface area (Å²) in [6.07, 6.45) is 4.11. The van der Waals surface area contributed by atoms with Crippen molar-refractivity contribution in [1.82, 2.24) is 9.29 Å². The van der Waals surface area contributed by atoms with E-state index in [1.807, 2.05) is 29.0 Å². The number of amides is 1. The Bertz CT molecular complexity index is 1570. The highest BCUT2D eigenvalue weighted by Crippen LogP contribution is 2.22. The predicted molar refractivity (Wildman–Crippen MR) is 156 cm³/mol. The number of carbonyl (C=O) groups excluding carboxylic acids is 1. The van der Waals surface area contributed by atoms with Crippen molar-refractivity contribution in [2.45, 2.75) is 32.2 Å². The number of aliphatic carboxylic acids is 1. The third-order valence-corrected chi connectivity index (χ3v) is 7.80. The molecule has 0 saturated carbocycles. The minimum absolute atomic E-state index is 0.0141. The van der Waals surface area contributed by atoms with E-state index >= 15 is 0 Å². The summed E-state index contributed by atoms with van der Waals surface area (Å²) in [5, 5.41) is 8.93. The highest BCUT2D eigenvalue weighted by atomic mass is 35.5. The molecule has 0 aliphatic rings. The Hall–Kier alpha value is -3.60. The van der Waals surface area contributed by atoms with Crippen LogP contribution in [0.4, 0.5) is 0 Å². The number of unbranched alkanes of at least 4 members (excludes halogenated alkanes) is 1. The number of aromatic nitrogens is 1. The number of methoxy groups -OCH3 is 1. The van der Waals surface area contributed by atoms with Crippen LogP contribution >= 0.6 is 23.2 Å². The minimum atomic E-state index is -3.90. The Morgan fingerprint density at radius 3 is 2.42 bits per heavy atom. The molecule has 0 aliphatic heterocycles. The lowest BCUT2D eigenvalue weighted by molar-refractivity contribution is -0.137. The van der Waals surface area contributed by atoms with Crippen LogP contribution in [-0.4, -0.2) is 42.8 Å². The second kappa shape index (κ2) is 14.2. The third-order valence-electron chi connectivity index (χ3n) is 5.91. The first-order valence-corrected chi connectivity index (χ1v) is 14.7. The summed E-state index contributed by atoms with van der Waals surface area (Å²) < 4.78 is 33.0. The number of carbonyl (C=O) groups is 2. The average molecular weight is 608 g/mol. The molecule has 0 spiro atoms. The van der Waals surface area contributed by atoms with Gasteiger partial charge < -0.3 is 14.4 Å². The first-order valence-electron chi connectivity index (χ1n) is 12.3. The molecule has 2 N–H and O–H groups in total. The van der Waals surface area contributed by atoms with Gasteiger partial charge in [-0.1, -0.05) is 53.5 Å². The number of rotatable bonds is 13. The number of ether oxygens (including phenoxy) is 1. The Morgan fingerprint density at radius 1 is 1.02 bits per heavy atom. The molecule has 0 fully saturated rings. The minimum Gasteiger partial charge on any atom is -0.497 e. The van der Waals surface area contributed by atoms with Crippen molar-refractivity contribution < 1.29 is 27.9 Å². The highest BCUT2D eigenvalue weighted by Gasteiger charge is 2.16. The summed E-state index contributed by atoms with van der Waals surface area (Å²) in [5.41, 5.74) is 1.85. The molecular weight excluding hydrogens is 579 g/mol. The number of hydrogen-bond donors (Lipinski definition) is 2. The van der Waals surface area contributed by atoms with Gasteiger partial charge >= 0.3 is 5.97 Å². The van der Waals surface area contributed by atoms with E-state index < -0.39 is 27.5 Å².